The molecule has 12 heavy (non-hydrogen) atoms. The molecule has 0 atom stereocenters. The SMILES string of the molecule is O.O.O=P([O-])([O-])CP(=O)([O-])[O-].[99Tc+4]. The zero-order valence-electron chi connectivity index (χ0n) is 5.43. The molecule has 0 aliphatic rings. The van der Waals surface area contributed by atoms with E-state index in [2.05, 4.69) is 0 Å². The predicted molar refractivity (Wildman–Crippen MR) is 27.3 cm³/mol. The fourth-order valence-corrected chi connectivity index (χ4v) is 1.91. The molecule has 0 aromatic rings. The van der Waals surface area contributed by atoms with Crippen molar-refractivity contribution in [2.24, 2.45) is 0 Å². The smallest absolute Gasteiger partial charge is 0.810 e. The van der Waals surface area contributed by atoms with Crippen LogP contribution in [0.15, 0.2) is 0 Å². The van der Waals surface area contributed by atoms with E-state index in [4.69, 9.17) is 0 Å². The molecule has 0 aromatic heterocycles. The van der Waals surface area contributed by atoms with Gasteiger partial charge in [-0.25, -0.2) is 0 Å². The third kappa shape index (κ3) is 22.4. The van der Waals surface area contributed by atoms with Gasteiger partial charge >= 0.3 is 20.1 Å². The van der Waals surface area contributed by atoms with Crippen molar-refractivity contribution < 1.29 is 59.8 Å². The van der Waals surface area contributed by atoms with Gasteiger partial charge in [-0.2, -0.15) is 0 Å². The summed E-state index contributed by atoms with van der Waals surface area (Å²) in [5.74, 6) is -1.82. The third-order valence-electron chi connectivity index (χ3n) is 0.346. The van der Waals surface area contributed by atoms with Gasteiger partial charge in [-0.3, -0.25) is 0 Å². The van der Waals surface area contributed by atoms with Crippen LogP contribution < -0.4 is 19.6 Å². The summed E-state index contributed by atoms with van der Waals surface area (Å²) in [6.07, 6.45) is 0. The Bertz CT molecular complexity index is 157. The first-order chi connectivity index (χ1) is 3.71. The van der Waals surface area contributed by atoms with Gasteiger partial charge < -0.3 is 39.7 Å². The second-order valence-electron chi connectivity index (χ2n) is 1.36. The van der Waals surface area contributed by atoms with Gasteiger partial charge in [0.25, 0.3) is 0 Å². The van der Waals surface area contributed by atoms with E-state index in [0.717, 1.165) is 0 Å². The molecule has 0 aromatic carbocycles. The van der Waals surface area contributed by atoms with Crippen molar-refractivity contribution in [3.63, 3.8) is 0 Å². The summed E-state index contributed by atoms with van der Waals surface area (Å²) < 4.78 is 19.1. The van der Waals surface area contributed by atoms with E-state index in [1.165, 1.54) is 0 Å². The molecule has 11 heteroatoms. The Labute approximate surface area is 81.3 Å². The molecule has 0 bridgehead atoms. The van der Waals surface area contributed by atoms with Crippen molar-refractivity contribution in [3.8, 4) is 0 Å². The molecule has 0 heterocycles. The molecule has 0 fully saturated rings. The minimum absolute atomic E-state index is 0. The Morgan fingerprint density at radius 1 is 0.833 bits per heavy atom. The van der Waals surface area contributed by atoms with Crippen molar-refractivity contribution in [2.45, 2.75) is 0 Å². The van der Waals surface area contributed by atoms with E-state index < -0.39 is 21.1 Å². The summed E-state index contributed by atoms with van der Waals surface area (Å²) in [7, 11) is -10.4. The molecule has 8 nitrogen and oxygen atoms in total. The molecule has 0 rings (SSSR count). The molecule has 0 saturated heterocycles. The predicted octanol–water partition coefficient (Wildman–Crippen LogP) is -4.88. The molecule has 0 spiro atoms. The van der Waals surface area contributed by atoms with Crippen LogP contribution in [0.3, 0.4) is 0 Å². The first kappa shape index (κ1) is 23.0. The third-order valence-corrected chi connectivity index (χ3v) is 3.12. The van der Waals surface area contributed by atoms with E-state index in [0.29, 0.717) is 0 Å². The maximum absolute atomic E-state index is 9.55. The summed E-state index contributed by atoms with van der Waals surface area (Å²) in [5, 5.41) is 0. The van der Waals surface area contributed by atoms with Gasteiger partial charge in [0, 0.05) is 5.90 Å². The van der Waals surface area contributed by atoms with E-state index in [-0.39, 0.29) is 31.1 Å². The molecule has 0 unspecified atom stereocenters. The quantitative estimate of drug-likeness (QED) is 0.459. The maximum Gasteiger partial charge on any atom is 4.00 e. The van der Waals surface area contributed by atoms with Crippen LogP contribution in [0.25, 0.3) is 0 Å². The van der Waals surface area contributed by atoms with Crippen molar-refractivity contribution >= 4 is 15.2 Å². The Kier molecular flexibility index (Phi) is 14.0. The van der Waals surface area contributed by atoms with E-state index in [1.54, 1.807) is 0 Å². The van der Waals surface area contributed by atoms with E-state index >= 15 is 0 Å². The molecular weight excluding hydrogens is 301 g/mol. The van der Waals surface area contributed by atoms with Crippen LogP contribution in [-0.4, -0.2) is 16.9 Å². The molecular formula is CH6O8P2Tc. The van der Waals surface area contributed by atoms with Gasteiger partial charge in [0.05, 0.1) is 0 Å². The largest absolute Gasteiger partial charge is 4.00 e. The molecule has 0 aliphatic carbocycles. The second-order valence-corrected chi connectivity index (χ2v) is 4.94. The average Bonchev–Trinajstić information content (AvgIpc) is 1.14. The Balaban J connectivity index is -0.000000107. The summed E-state index contributed by atoms with van der Waals surface area (Å²) in [6, 6.07) is 0. The monoisotopic (exact) mass is 307 g/mol. The fourth-order valence-electron chi connectivity index (χ4n) is 0.212. The van der Waals surface area contributed by atoms with E-state index in [9.17, 15) is 28.7 Å². The van der Waals surface area contributed by atoms with Crippen LogP contribution in [0.5, 0.6) is 0 Å². The van der Waals surface area contributed by atoms with Gasteiger partial charge in [0.1, 0.15) is 0 Å². The van der Waals surface area contributed by atoms with Gasteiger partial charge in [-0.05, 0) is 0 Å². The van der Waals surface area contributed by atoms with Crippen molar-refractivity contribution in [1.29, 1.82) is 0 Å². The molecule has 75 valence electrons. The number of hydrogen-bond acceptors (Lipinski definition) is 6. The maximum atomic E-state index is 9.55. The Morgan fingerprint density at radius 2 is 1.00 bits per heavy atom. The average molecular weight is 307 g/mol. The standard InChI is InChI=1S/CH6O6P2.2H2O.Tc/c2-8(3,4)1-9(5,6)7;;;/h1H2,(H2,2,3,4)(H2,5,6,7);2*1H2;/q;;;+4/p-4/i;;;1+1. The van der Waals surface area contributed by atoms with E-state index in [1.807, 2.05) is 0 Å². The topological polar surface area (TPSA) is 189 Å². The zero-order valence-corrected chi connectivity index (χ0v) is 9.08. The summed E-state index contributed by atoms with van der Waals surface area (Å²) in [6.45, 7) is 0. The van der Waals surface area contributed by atoms with Gasteiger partial charge in [-0.15, -0.1) is 0 Å². The minimum Gasteiger partial charge on any atom is -0.810 e. The van der Waals surface area contributed by atoms with Gasteiger partial charge in [0.15, 0.2) is 0 Å². The van der Waals surface area contributed by atoms with Crippen molar-refractivity contribution in [3.05, 3.63) is 0 Å². The van der Waals surface area contributed by atoms with Crippen LogP contribution in [0.4, 0.5) is 0 Å². The first-order valence-corrected chi connectivity index (χ1v) is 5.18. The Morgan fingerprint density at radius 3 is 1.00 bits per heavy atom. The molecule has 4 N–H and O–H groups in total. The minimum atomic E-state index is -5.18. The van der Waals surface area contributed by atoms with Gasteiger partial charge in [0.2, 0.25) is 0 Å². The zero-order chi connectivity index (χ0) is 7.71. The summed E-state index contributed by atoms with van der Waals surface area (Å²) in [4.78, 5) is 38.2. The molecule has 1 radical (unpaired) electrons. The Hall–Kier alpha value is 0.869. The van der Waals surface area contributed by atoms with Crippen LogP contribution >= 0.6 is 15.2 Å². The molecule has 0 aliphatic heterocycles. The second kappa shape index (κ2) is 7.29. The number of hydrogen-bond donors (Lipinski definition) is 0. The normalized spacial score (nSPS) is 10.3. The fraction of sp³-hybridized carbons (Fsp3) is 1.00. The molecule has 0 amide bonds. The van der Waals surface area contributed by atoms with Gasteiger partial charge in [-0.1, -0.05) is 15.2 Å². The van der Waals surface area contributed by atoms with Crippen LogP contribution in [0.2, 0.25) is 0 Å². The van der Waals surface area contributed by atoms with Crippen molar-refractivity contribution in [1.82, 2.24) is 0 Å². The summed E-state index contributed by atoms with van der Waals surface area (Å²) >= 11 is 0. The van der Waals surface area contributed by atoms with Crippen molar-refractivity contribution in [2.75, 3.05) is 5.90 Å². The van der Waals surface area contributed by atoms with Crippen LogP contribution in [-0.2, 0) is 29.2 Å². The van der Waals surface area contributed by atoms with Crippen LogP contribution in [0.1, 0.15) is 0 Å². The summed E-state index contributed by atoms with van der Waals surface area (Å²) in [5.41, 5.74) is 0. The molecule has 0 saturated carbocycles. The number of rotatable bonds is 2. The van der Waals surface area contributed by atoms with Crippen LogP contribution in [0, 0.1) is 0 Å². The first-order valence-electron chi connectivity index (χ1n) is 1.73.